The van der Waals surface area contributed by atoms with Crippen molar-refractivity contribution in [3.63, 3.8) is 0 Å². The van der Waals surface area contributed by atoms with Crippen molar-refractivity contribution in [2.75, 3.05) is 18.4 Å². The van der Waals surface area contributed by atoms with Crippen molar-refractivity contribution >= 4 is 17.5 Å². The molecule has 1 saturated heterocycles. The summed E-state index contributed by atoms with van der Waals surface area (Å²) < 4.78 is 15.7. The van der Waals surface area contributed by atoms with Gasteiger partial charge in [0.05, 0.1) is 18.1 Å². The molecule has 7 nitrogen and oxygen atoms in total. The van der Waals surface area contributed by atoms with Crippen LogP contribution in [0.15, 0.2) is 36.8 Å². The summed E-state index contributed by atoms with van der Waals surface area (Å²) in [6, 6.07) is 4.24. The monoisotopic (exact) mass is 326 g/mol. The van der Waals surface area contributed by atoms with Crippen molar-refractivity contribution < 1.29 is 9.18 Å². The molecule has 0 unspecified atom stereocenters. The highest BCUT2D eigenvalue weighted by Gasteiger charge is 2.18. The van der Waals surface area contributed by atoms with E-state index in [0.717, 1.165) is 25.9 Å². The number of carbonyl (C=O) groups excluding carboxylic acids is 1. The number of nitrogens with zero attached hydrogens (tertiary/aromatic N) is 5. The summed E-state index contributed by atoms with van der Waals surface area (Å²) in [6.45, 7) is 1.50. The third kappa shape index (κ3) is 2.66. The predicted octanol–water partition coefficient (Wildman–Crippen LogP) is 2.56. The van der Waals surface area contributed by atoms with Crippen molar-refractivity contribution in [2.45, 2.75) is 12.8 Å². The van der Waals surface area contributed by atoms with Crippen molar-refractivity contribution in [3.8, 4) is 11.3 Å². The molecule has 2 aromatic heterocycles. The Bertz CT molecular complexity index is 902. The van der Waals surface area contributed by atoms with Crippen LogP contribution in [0.25, 0.3) is 17.0 Å². The molecule has 2 amide bonds. The van der Waals surface area contributed by atoms with Gasteiger partial charge in [0.2, 0.25) is 0 Å². The number of carbonyl (C=O) groups is 1. The first kappa shape index (κ1) is 14.6. The highest BCUT2D eigenvalue weighted by atomic mass is 19.1. The highest BCUT2D eigenvalue weighted by Crippen LogP contribution is 2.24. The average molecular weight is 326 g/mol. The third-order valence-electron chi connectivity index (χ3n) is 4.01. The van der Waals surface area contributed by atoms with E-state index in [1.54, 1.807) is 23.4 Å². The second-order valence-corrected chi connectivity index (χ2v) is 5.63. The quantitative estimate of drug-likeness (QED) is 0.785. The fourth-order valence-corrected chi connectivity index (χ4v) is 2.76. The Labute approximate surface area is 137 Å². The van der Waals surface area contributed by atoms with Crippen LogP contribution in [0.1, 0.15) is 12.8 Å². The van der Waals surface area contributed by atoms with E-state index in [1.165, 1.54) is 22.8 Å². The van der Waals surface area contributed by atoms with Crippen molar-refractivity contribution in [3.05, 3.63) is 42.6 Å². The van der Waals surface area contributed by atoms with Gasteiger partial charge in [0, 0.05) is 30.5 Å². The zero-order valence-corrected chi connectivity index (χ0v) is 12.8. The minimum Gasteiger partial charge on any atom is -0.325 e. The number of hydrogen-bond donors (Lipinski definition) is 1. The van der Waals surface area contributed by atoms with Crippen LogP contribution < -0.4 is 5.32 Å². The Morgan fingerprint density at radius 1 is 1.25 bits per heavy atom. The number of urea groups is 1. The summed E-state index contributed by atoms with van der Waals surface area (Å²) >= 11 is 0. The van der Waals surface area contributed by atoms with Crippen LogP contribution in [0.5, 0.6) is 0 Å². The lowest BCUT2D eigenvalue weighted by Crippen LogP contribution is -2.32. The molecule has 3 aromatic rings. The maximum Gasteiger partial charge on any atom is 0.321 e. The molecule has 0 aliphatic carbocycles. The number of likely N-dealkylation sites (tertiary alicyclic amines) is 1. The largest absolute Gasteiger partial charge is 0.325 e. The summed E-state index contributed by atoms with van der Waals surface area (Å²) in [5.41, 5.74) is 1.16. The Morgan fingerprint density at radius 2 is 2.08 bits per heavy atom. The molecule has 0 bridgehead atoms. The molecular weight excluding hydrogens is 311 g/mol. The number of benzene rings is 1. The topological polar surface area (TPSA) is 75.4 Å². The second kappa shape index (κ2) is 5.88. The van der Waals surface area contributed by atoms with Gasteiger partial charge in [-0.1, -0.05) is 0 Å². The molecule has 1 aliphatic heterocycles. The standard InChI is InChI=1S/C16H15FN6O/c17-13-4-3-11(20-16(24)22-6-1-2-7-22)9-12(13)14-10-19-23-8-5-18-15(23)21-14/h3-5,8-10H,1-2,6-7H2,(H,20,24). The Kier molecular flexibility index (Phi) is 3.56. The molecule has 8 heteroatoms. The van der Waals surface area contributed by atoms with Crippen LogP contribution in [-0.2, 0) is 0 Å². The van der Waals surface area contributed by atoms with Crippen molar-refractivity contribution in [2.24, 2.45) is 0 Å². The van der Waals surface area contributed by atoms with E-state index in [0.29, 0.717) is 17.2 Å². The SMILES string of the molecule is O=C(Nc1ccc(F)c(-c2cnn3ccnc3n2)c1)N1CCCC1. The van der Waals surface area contributed by atoms with E-state index in [9.17, 15) is 9.18 Å². The van der Waals surface area contributed by atoms with Gasteiger partial charge < -0.3 is 10.2 Å². The van der Waals surface area contributed by atoms with Crippen LogP contribution in [0.3, 0.4) is 0 Å². The fraction of sp³-hybridized carbons (Fsp3) is 0.250. The Hall–Kier alpha value is -3.03. The Balaban J connectivity index is 1.64. The molecule has 0 saturated carbocycles. The van der Waals surface area contributed by atoms with Crippen LogP contribution in [0.4, 0.5) is 14.9 Å². The first-order valence-corrected chi connectivity index (χ1v) is 7.73. The van der Waals surface area contributed by atoms with Crippen molar-refractivity contribution in [1.82, 2.24) is 24.5 Å². The number of aromatic nitrogens is 4. The van der Waals surface area contributed by atoms with Gasteiger partial charge in [-0.05, 0) is 31.0 Å². The van der Waals surface area contributed by atoms with Crippen LogP contribution in [0.2, 0.25) is 0 Å². The smallest absolute Gasteiger partial charge is 0.321 e. The summed E-state index contributed by atoms with van der Waals surface area (Å²) in [5.74, 6) is -0.0437. The molecule has 0 spiro atoms. The molecule has 122 valence electrons. The average Bonchev–Trinajstić information content (AvgIpc) is 3.27. The molecule has 0 radical (unpaired) electrons. The fourth-order valence-electron chi connectivity index (χ4n) is 2.76. The predicted molar refractivity (Wildman–Crippen MR) is 86.0 cm³/mol. The summed E-state index contributed by atoms with van der Waals surface area (Å²) in [4.78, 5) is 22.3. The Morgan fingerprint density at radius 3 is 2.92 bits per heavy atom. The number of amides is 2. The number of rotatable bonds is 2. The van der Waals surface area contributed by atoms with E-state index in [-0.39, 0.29) is 11.6 Å². The number of anilines is 1. The lowest BCUT2D eigenvalue weighted by molar-refractivity contribution is 0.222. The highest BCUT2D eigenvalue weighted by molar-refractivity contribution is 5.90. The summed E-state index contributed by atoms with van der Waals surface area (Å²) in [7, 11) is 0. The molecule has 4 rings (SSSR count). The minimum absolute atomic E-state index is 0.167. The van der Waals surface area contributed by atoms with E-state index in [1.807, 2.05) is 0 Å². The van der Waals surface area contributed by atoms with Gasteiger partial charge in [-0.15, -0.1) is 0 Å². The third-order valence-corrected chi connectivity index (χ3v) is 4.01. The molecule has 1 aliphatic rings. The van der Waals surface area contributed by atoms with Gasteiger partial charge >= 0.3 is 6.03 Å². The molecule has 0 atom stereocenters. The molecule has 1 fully saturated rings. The number of imidazole rings is 1. The molecule has 24 heavy (non-hydrogen) atoms. The van der Waals surface area contributed by atoms with Gasteiger partial charge in [0.15, 0.2) is 0 Å². The lowest BCUT2D eigenvalue weighted by Gasteiger charge is -2.16. The second-order valence-electron chi connectivity index (χ2n) is 5.63. The first-order chi connectivity index (χ1) is 11.7. The number of nitrogens with one attached hydrogen (secondary N) is 1. The van der Waals surface area contributed by atoms with E-state index in [2.05, 4.69) is 20.4 Å². The maximum atomic E-state index is 14.2. The van der Waals surface area contributed by atoms with E-state index >= 15 is 0 Å². The van der Waals surface area contributed by atoms with Gasteiger partial charge in [0.25, 0.3) is 5.78 Å². The van der Waals surface area contributed by atoms with Gasteiger partial charge in [-0.25, -0.2) is 23.7 Å². The van der Waals surface area contributed by atoms with Crippen LogP contribution in [-0.4, -0.2) is 43.6 Å². The molecular formula is C16H15FN6O. The van der Waals surface area contributed by atoms with Gasteiger partial charge in [0.1, 0.15) is 5.82 Å². The zero-order chi connectivity index (χ0) is 16.5. The van der Waals surface area contributed by atoms with Crippen LogP contribution >= 0.6 is 0 Å². The zero-order valence-electron chi connectivity index (χ0n) is 12.8. The summed E-state index contributed by atoms with van der Waals surface area (Å²) in [5, 5.41) is 6.95. The lowest BCUT2D eigenvalue weighted by atomic mass is 10.1. The van der Waals surface area contributed by atoms with E-state index in [4.69, 9.17) is 0 Å². The molecule has 1 N–H and O–H groups in total. The number of hydrogen-bond acceptors (Lipinski definition) is 4. The van der Waals surface area contributed by atoms with Gasteiger partial charge in [-0.2, -0.15) is 5.10 Å². The molecule has 1 aromatic carbocycles. The minimum atomic E-state index is -0.431. The normalized spacial score (nSPS) is 14.3. The number of halogens is 1. The van der Waals surface area contributed by atoms with Crippen LogP contribution in [0, 0.1) is 5.82 Å². The van der Waals surface area contributed by atoms with Crippen molar-refractivity contribution in [1.29, 1.82) is 0 Å². The summed E-state index contributed by atoms with van der Waals surface area (Å²) in [6.07, 6.45) is 6.74. The molecule has 3 heterocycles. The number of fused-ring (bicyclic) bond motifs is 1. The van der Waals surface area contributed by atoms with E-state index < -0.39 is 5.82 Å². The van der Waals surface area contributed by atoms with Gasteiger partial charge in [-0.3, -0.25) is 0 Å². The first-order valence-electron chi connectivity index (χ1n) is 7.73. The maximum absolute atomic E-state index is 14.2.